The van der Waals surface area contributed by atoms with Crippen LogP contribution in [0.25, 0.3) is 0 Å². The normalized spacial score (nSPS) is 25.0. The largest absolute Gasteiger partial charge is 0.453 e. The molecule has 1 aromatic heterocycles. The van der Waals surface area contributed by atoms with Gasteiger partial charge in [0.25, 0.3) is 5.56 Å². The molecule has 1 saturated heterocycles. The van der Waals surface area contributed by atoms with Gasteiger partial charge in [-0.15, -0.1) is 0 Å². The Bertz CT molecular complexity index is 918. The Balaban J connectivity index is 2.25. The number of halogens is 1. The van der Waals surface area contributed by atoms with Crippen LogP contribution in [0.3, 0.4) is 0 Å². The molecule has 1 fully saturated rings. The van der Waals surface area contributed by atoms with E-state index in [9.17, 15) is 28.7 Å². The number of alkyl carbamates (subject to hydrolysis) is 1. The second-order valence-electron chi connectivity index (χ2n) is 7.19. The summed E-state index contributed by atoms with van der Waals surface area (Å²) in [5, 5.41) is 11.2. The van der Waals surface area contributed by atoms with Crippen LogP contribution in [-0.4, -0.2) is 69.3 Å². The highest BCUT2D eigenvalue weighted by atomic mass is 32.2. The molecule has 0 radical (unpaired) electrons. The van der Waals surface area contributed by atoms with Gasteiger partial charge in [0.2, 0.25) is 0 Å². The number of hydrogen-bond acceptors (Lipinski definition) is 9. The highest BCUT2D eigenvalue weighted by Gasteiger charge is 2.47. The fourth-order valence-corrected chi connectivity index (χ4v) is 3.57. The third-order valence-electron chi connectivity index (χ3n) is 4.90. The first-order valence-corrected chi connectivity index (χ1v) is 10.7. The zero-order valence-corrected chi connectivity index (χ0v) is 18.4. The van der Waals surface area contributed by atoms with Crippen LogP contribution < -0.4 is 16.6 Å². The maximum Gasteiger partial charge on any atom is 0.407 e. The number of aromatic nitrogens is 2. The van der Waals surface area contributed by atoms with Gasteiger partial charge in [0.05, 0.1) is 19.8 Å². The number of alkyl halides is 1. The quantitative estimate of drug-likeness (QED) is 0.510. The number of ether oxygens (including phenoxy) is 3. The van der Waals surface area contributed by atoms with Crippen molar-refractivity contribution in [3.05, 3.63) is 33.1 Å². The number of aliphatic hydroxyl groups excluding tert-OH is 1. The van der Waals surface area contributed by atoms with Crippen molar-refractivity contribution in [3.63, 3.8) is 0 Å². The van der Waals surface area contributed by atoms with Crippen molar-refractivity contribution >= 4 is 23.8 Å². The van der Waals surface area contributed by atoms with E-state index >= 15 is 0 Å². The van der Waals surface area contributed by atoms with Crippen LogP contribution >= 0.6 is 11.8 Å². The highest BCUT2D eigenvalue weighted by Crippen LogP contribution is 2.39. The van der Waals surface area contributed by atoms with Crippen LogP contribution in [0.2, 0.25) is 0 Å². The van der Waals surface area contributed by atoms with Crippen molar-refractivity contribution in [2.75, 3.05) is 20.0 Å². The molecule has 5 atom stereocenters. The minimum Gasteiger partial charge on any atom is -0.453 e. The molecule has 2 heterocycles. The molecule has 13 heteroatoms. The Morgan fingerprint density at radius 2 is 2.16 bits per heavy atom. The second-order valence-corrected chi connectivity index (χ2v) is 8.41. The van der Waals surface area contributed by atoms with Gasteiger partial charge in [-0.2, -0.15) is 11.8 Å². The van der Waals surface area contributed by atoms with E-state index in [2.05, 4.69) is 10.1 Å². The molecule has 1 amide bonds. The maximum atomic E-state index is 14.9. The van der Waals surface area contributed by atoms with Crippen molar-refractivity contribution < 1.29 is 33.3 Å². The van der Waals surface area contributed by atoms with Gasteiger partial charge in [0.1, 0.15) is 6.04 Å². The third-order valence-corrected chi connectivity index (χ3v) is 5.92. The van der Waals surface area contributed by atoms with E-state index in [0.29, 0.717) is 4.57 Å². The van der Waals surface area contributed by atoms with Crippen LogP contribution in [0.15, 0.2) is 21.9 Å². The van der Waals surface area contributed by atoms with E-state index in [1.807, 2.05) is 0 Å². The highest BCUT2D eigenvalue weighted by molar-refractivity contribution is 7.99. The van der Waals surface area contributed by atoms with Crippen LogP contribution in [0.1, 0.15) is 26.5 Å². The first-order valence-electron chi connectivity index (χ1n) is 9.36. The monoisotopic (exact) mass is 463 g/mol. The van der Waals surface area contributed by atoms with E-state index < -0.39 is 65.9 Å². The standard InChI is InChI=1S/C18H26FN3O8S/c1-10(31-4)13(20-16(26)28-3)14(25)29-9-22-12(24)5-6-21(17(22)27)15-18(2,19)7-11(8-23)30-15/h5-6,10-11,13,15,23H,7-9H2,1-4H3,(H,20,26)/t10-,11-,13-,15+,18+/m0/s1. The van der Waals surface area contributed by atoms with E-state index in [1.165, 1.54) is 18.7 Å². The zero-order valence-electron chi connectivity index (χ0n) is 17.6. The smallest absolute Gasteiger partial charge is 0.407 e. The summed E-state index contributed by atoms with van der Waals surface area (Å²) >= 11 is 1.28. The lowest BCUT2D eigenvalue weighted by molar-refractivity contribution is -0.150. The number of thioether (sulfide) groups is 1. The average molecular weight is 463 g/mol. The minimum absolute atomic E-state index is 0.137. The summed E-state index contributed by atoms with van der Waals surface area (Å²) in [5.41, 5.74) is -3.70. The summed E-state index contributed by atoms with van der Waals surface area (Å²) in [7, 11) is 1.14. The number of methoxy groups -OCH3 is 1. The number of hydrogen-bond donors (Lipinski definition) is 2. The van der Waals surface area contributed by atoms with Gasteiger partial charge in [-0.25, -0.2) is 23.3 Å². The molecule has 174 valence electrons. The van der Waals surface area contributed by atoms with Crippen molar-refractivity contribution in [2.45, 2.75) is 56.3 Å². The van der Waals surface area contributed by atoms with Crippen LogP contribution in [0.4, 0.5) is 9.18 Å². The topological polar surface area (TPSA) is 138 Å². The molecule has 2 N–H and O–H groups in total. The number of esters is 1. The predicted octanol–water partition coefficient (Wildman–Crippen LogP) is -0.00520. The van der Waals surface area contributed by atoms with E-state index in [0.717, 1.165) is 23.9 Å². The summed E-state index contributed by atoms with van der Waals surface area (Å²) in [6.07, 6.45) is -0.348. The zero-order chi connectivity index (χ0) is 23.3. The first kappa shape index (κ1) is 24.9. The molecule has 0 aromatic carbocycles. The van der Waals surface area contributed by atoms with Gasteiger partial charge in [0.15, 0.2) is 18.6 Å². The van der Waals surface area contributed by atoms with Crippen molar-refractivity contribution in [1.29, 1.82) is 0 Å². The van der Waals surface area contributed by atoms with Crippen LogP contribution in [0, 0.1) is 0 Å². The Morgan fingerprint density at radius 3 is 2.71 bits per heavy atom. The van der Waals surface area contributed by atoms with E-state index in [4.69, 9.17) is 9.47 Å². The molecule has 0 bridgehead atoms. The number of rotatable bonds is 8. The lowest BCUT2D eigenvalue weighted by Gasteiger charge is -2.24. The first-order chi connectivity index (χ1) is 14.5. The van der Waals surface area contributed by atoms with E-state index in [1.54, 1.807) is 13.2 Å². The molecule has 11 nitrogen and oxygen atoms in total. The molecule has 0 unspecified atom stereocenters. The van der Waals surface area contributed by atoms with Gasteiger partial charge in [0, 0.05) is 23.9 Å². The van der Waals surface area contributed by atoms with Gasteiger partial charge in [-0.05, 0) is 13.2 Å². The molecular formula is C18H26FN3O8S. The molecule has 31 heavy (non-hydrogen) atoms. The molecule has 0 spiro atoms. The molecule has 2 rings (SSSR count). The second kappa shape index (κ2) is 10.3. The number of amides is 1. The van der Waals surface area contributed by atoms with Crippen LogP contribution in [0.5, 0.6) is 0 Å². The number of carbonyl (C=O) groups excluding carboxylic acids is 2. The van der Waals surface area contributed by atoms with Gasteiger partial charge < -0.3 is 24.6 Å². The van der Waals surface area contributed by atoms with Crippen LogP contribution in [-0.2, 0) is 25.7 Å². The Kier molecular flexibility index (Phi) is 8.26. The molecule has 1 aliphatic heterocycles. The van der Waals surface area contributed by atoms with Crippen molar-refractivity contribution in [2.24, 2.45) is 0 Å². The number of carbonyl (C=O) groups is 2. The van der Waals surface area contributed by atoms with E-state index in [-0.39, 0.29) is 6.42 Å². The molecule has 1 aromatic rings. The lowest BCUT2D eigenvalue weighted by Crippen LogP contribution is -2.49. The van der Waals surface area contributed by atoms with Crippen molar-refractivity contribution in [1.82, 2.24) is 14.5 Å². The fourth-order valence-electron chi connectivity index (χ4n) is 3.12. The van der Waals surface area contributed by atoms with Gasteiger partial charge in [-0.1, -0.05) is 6.92 Å². The summed E-state index contributed by atoms with van der Waals surface area (Å²) in [6.45, 7) is 1.72. The summed E-state index contributed by atoms with van der Waals surface area (Å²) in [4.78, 5) is 48.9. The Morgan fingerprint density at radius 1 is 1.48 bits per heavy atom. The van der Waals surface area contributed by atoms with Gasteiger partial charge >= 0.3 is 17.8 Å². The molecular weight excluding hydrogens is 437 g/mol. The van der Waals surface area contributed by atoms with Gasteiger partial charge in [-0.3, -0.25) is 9.36 Å². The fraction of sp³-hybridized carbons (Fsp3) is 0.667. The maximum absolute atomic E-state index is 14.9. The summed E-state index contributed by atoms with van der Waals surface area (Å²) in [5.74, 6) is -0.887. The number of nitrogens with zero attached hydrogens (tertiary/aromatic N) is 2. The Labute approximate surface area is 181 Å². The number of nitrogens with one attached hydrogen (secondary N) is 1. The predicted molar refractivity (Wildman–Crippen MR) is 108 cm³/mol. The average Bonchev–Trinajstić information content (AvgIpc) is 3.05. The lowest BCUT2D eigenvalue weighted by atomic mass is 10.0. The molecule has 0 aliphatic carbocycles. The SMILES string of the molecule is COC(=O)N[C@H](C(=O)OCn1c(=O)ccn([C@@H]2O[C@H](CO)C[C@@]2(C)F)c1=O)[C@H](C)SC. The molecule has 1 aliphatic rings. The third kappa shape index (κ3) is 5.66. The number of aliphatic hydroxyl groups is 1. The van der Waals surface area contributed by atoms with Crippen molar-refractivity contribution in [3.8, 4) is 0 Å². The summed E-state index contributed by atoms with van der Waals surface area (Å²) in [6, 6.07) is -0.0861. The molecule has 0 saturated carbocycles. The Hall–Kier alpha value is -2.38. The summed E-state index contributed by atoms with van der Waals surface area (Å²) < 4.78 is 31.3. The minimum atomic E-state index is -1.97.